The van der Waals surface area contributed by atoms with E-state index in [0.29, 0.717) is 16.7 Å². The lowest BCUT2D eigenvalue weighted by Crippen LogP contribution is -2.50. The van der Waals surface area contributed by atoms with Gasteiger partial charge in [-0.2, -0.15) is 0 Å². The summed E-state index contributed by atoms with van der Waals surface area (Å²) in [6, 6.07) is 4.50. The van der Waals surface area contributed by atoms with E-state index in [1.807, 2.05) is 6.92 Å². The average molecular weight is 490 g/mol. The minimum Gasteiger partial charge on any atom is -0.493 e. The van der Waals surface area contributed by atoms with Crippen LogP contribution in [0.3, 0.4) is 0 Å². The number of benzene rings is 2. The monoisotopic (exact) mass is 489 g/mol. The highest BCUT2D eigenvalue weighted by Gasteiger charge is 2.41. The number of carbonyl (C=O) groups is 1. The Morgan fingerprint density at radius 2 is 1.83 bits per heavy atom. The fourth-order valence-corrected chi connectivity index (χ4v) is 5.01. The Hall–Kier alpha value is -2.71. The molecule has 1 saturated heterocycles. The number of halogens is 2. The van der Waals surface area contributed by atoms with E-state index in [-0.39, 0.29) is 55.8 Å². The number of hydrogen-bond donors (Lipinski definition) is 2. The van der Waals surface area contributed by atoms with Gasteiger partial charge in [-0.25, -0.2) is 13.6 Å². The van der Waals surface area contributed by atoms with Crippen LogP contribution in [0, 0.1) is 25.5 Å². The van der Waals surface area contributed by atoms with Crippen LogP contribution in [-0.2, 0) is 20.9 Å². The first kappa shape index (κ1) is 25.4. The van der Waals surface area contributed by atoms with Crippen molar-refractivity contribution in [1.82, 2.24) is 0 Å². The molecule has 0 aromatic heterocycles. The van der Waals surface area contributed by atoms with Gasteiger partial charge in [0.1, 0.15) is 11.4 Å². The second kappa shape index (κ2) is 10.5. The number of methoxy groups -OCH3 is 1. The van der Waals surface area contributed by atoms with Crippen molar-refractivity contribution in [3.05, 3.63) is 46.5 Å². The van der Waals surface area contributed by atoms with Gasteiger partial charge >= 0.3 is 5.97 Å². The lowest BCUT2D eigenvalue weighted by atomic mass is 9.89. The maximum Gasteiger partial charge on any atom is 0.329 e. The first-order valence-corrected chi connectivity index (χ1v) is 12.1. The molecule has 4 rings (SSSR count). The lowest BCUT2D eigenvalue weighted by Gasteiger charge is -2.35. The van der Waals surface area contributed by atoms with Gasteiger partial charge in [0.15, 0.2) is 11.6 Å². The predicted octanol–water partition coefficient (Wildman–Crippen LogP) is 5.76. The number of carboxylic acids is 1. The van der Waals surface area contributed by atoms with Crippen molar-refractivity contribution in [2.75, 3.05) is 25.6 Å². The van der Waals surface area contributed by atoms with Crippen LogP contribution in [0.4, 0.5) is 14.5 Å². The Labute approximate surface area is 204 Å². The maximum atomic E-state index is 15.5. The second-order valence-corrected chi connectivity index (χ2v) is 9.54. The minimum absolute atomic E-state index is 0.0549. The molecule has 2 fully saturated rings. The molecular weight excluding hydrogens is 456 g/mol. The number of carboxylic acid groups (broad SMARTS) is 1. The summed E-state index contributed by atoms with van der Waals surface area (Å²) in [6.45, 7) is 4.32. The number of anilines is 1. The number of hydrogen-bond acceptors (Lipinski definition) is 5. The number of aryl methyl sites for hydroxylation is 1. The summed E-state index contributed by atoms with van der Waals surface area (Å²) in [4.78, 5) is 12.1. The van der Waals surface area contributed by atoms with E-state index in [0.717, 1.165) is 31.2 Å². The normalized spacial score (nSPS) is 18.0. The van der Waals surface area contributed by atoms with Crippen LogP contribution < -0.4 is 10.1 Å². The summed E-state index contributed by atoms with van der Waals surface area (Å²) < 4.78 is 47.7. The molecule has 1 aliphatic carbocycles. The van der Waals surface area contributed by atoms with Crippen LogP contribution >= 0.6 is 0 Å². The SMILES string of the molecule is COc1c(C)c(C)cc(-c2cc(F)c(NC3(C(=O)O)CCOCC3)cc2COC2CCCC2)c1F. The summed E-state index contributed by atoms with van der Waals surface area (Å²) in [5.41, 5.74) is 1.38. The molecule has 0 bridgehead atoms. The van der Waals surface area contributed by atoms with Crippen LogP contribution in [0.1, 0.15) is 55.2 Å². The molecular formula is C27H33F2NO5. The Kier molecular flexibility index (Phi) is 7.62. The topological polar surface area (TPSA) is 77.0 Å². The third-order valence-electron chi connectivity index (χ3n) is 7.32. The average Bonchev–Trinajstić information content (AvgIpc) is 3.36. The predicted molar refractivity (Wildman–Crippen MR) is 129 cm³/mol. The zero-order chi connectivity index (χ0) is 25.2. The van der Waals surface area contributed by atoms with Crippen LogP contribution in [0.5, 0.6) is 5.75 Å². The standard InChI is InChI=1S/C27H33F2NO5/c1-16-12-21(24(29)25(33-3)17(16)2)20-14-22(28)23(13-18(20)15-35-19-6-4-5-7-19)30-27(26(31)32)8-10-34-11-9-27/h12-14,19,30H,4-11,15H2,1-3H3,(H,31,32). The molecule has 2 N–H and O–H groups in total. The van der Waals surface area contributed by atoms with E-state index in [9.17, 15) is 9.90 Å². The molecule has 1 saturated carbocycles. The quantitative estimate of drug-likeness (QED) is 0.491. The molecule has 1 aliphatic heterocycles. The van der Waals surface area contributed by atoms with Gasteiger partial charge in [0.2, 0.25) is 0 Å². The van der Waals surface area contributed by atoms with Crippen LogP contribution in [0.15, 0.2) is 18.2 Å². The van der Waals surface area contributed by atoms with Gasteiger partial charge in [0.25, 0.3) is 0 Å². The molecule has 8 heteroatoms. The molecule has 0 atom stereocenters. The van der Waals surface area contributed by atoms with Crippen molar-refractivity contribution in [2.24, 2.45) is 0 Å². The zero-order valence-electron chi connectivity index (χ0n) is 20.5. The van der Waals surface area contributed by atoms with Crippen molar-refractivity contribution in [3.8, 4) is 16.9 Å². The summed E-state index contributed by atoms with van der Waals surface area (Å²) >= 11 is 0. The first-order chi connectivity index (χ1) is 16.8. The Morgan fingerprint density at radius 3 is 2.46 bits per heavy atom. The molecule has 2 aromatic rings. The van der Waals surface area contributed by atoms with Gasteiger partial charge in [0.05, 0.1) is 25.5 Å². The van der Waals surface area contributed by atoms with Crippen LogP contribution in [-0.4, -0.2) is 43.0 Å². The number of nitrogens with one attached hydrogen (secondary N) is 1. The number of aliphatic carboxylic acids is 1. The van der Waals surface area contributed by atoms with Crippen molar-refractivity contribution in [3.63, 3.8) is 0 Å². The molecule has 0 amide bonds. The molecule has 190 valence electrons. The molecule has 0 unspecified atom stereocenters. The minimum atomic E-state index is -1.33. The molecule has 0 radical (unpaired) electrons. The highest BCUT2D eigenvalue weighted by atomic mass is 19.1. The Balaban J connectivity index is 1.78. The highest BCUT2D eigenvalue weighted by molar-refractivity contribution is 5.84. The fraction of sp³-hybridized carbons (Fsp3) is 0.519. The van der Waals surface area contributed by atoms with E-state index in [2.05, 4.69) is 5.32 Å². The molecule has 2 aromatic carbocycles. The van der Waals surface area contributed by atoms with E-state index in [1.54, 1.807) is 19.1 Å². The second-order valence-electron chi connectivity index (χ2n) is 9.54. The molecule has 1 heterocycles. The van der Waals surface area contributed by atoms with Gasteiger partial charge in [-0.3, -0.25) is 0 Å². The summed E-state index contributed by atoms with van der Waals surface area (Å²) in [6.07, 6.45) is 4.62. The maximum absolute atomic E-state index is 15.5. The van der Waals surface area contributed by atoms with Crippen LogP contribution in [0.25, 0.3) is 11.1 Å². The van der Waals surface area contributed by atoms with Crippen molar-refractivity contribution in [1.29, 1.82) is 0 Å². The molecule has 2 aliphatic rings. The lowest BCUT2D eigenvalue weighted by molar-refractivity contribution is -0.145. The fourth-order valence-electron chi connectivity index (χ4n) is 5.01. The van der Waals surface area contributed by atoms with Crippen molar-refractivity contribution in [2.45, 2.75) is 70.6 Å². The molecule has 6 nitrogen and oxygen atoms in total. The third kappa shape index (κ3) is 5.14. The largest absolute Gasteiger partial charge is 0.493 e. The van der Waals surface area contributed by atoms with Gasteiger partial charge < -0.3 is 24.6 Å². The van der Waals surface area contributed by atoms with E-state index >= 15 is 8.78 Å². The van der Waals surface area contributed by atoms with E-state index in [1.165, 1.54) is 13.2 Å². The number of rotatable bonds is 8. The first-order valence-electron chi connectivity index (χ1n) is 12.1. The van der Waals surface area contributed by atoms with E-state index in [4.69, 9.17) is 14.2 Å². The Bertz CT molecular complexity index is 1090. The van der Waals surface area contributed by atoms with Crippen molar-refractivity contribution < 1.29 is 32.9 Å². The van der Waals surface area contributed by atoms with Gasteiger partial charge in [0, 0.05) is 31.6 Å². The smallest absolute Gasteiger partial charge is 0.329 e. The van der Waals surface area contributed by atoms with Crippen molar-refractivity contribution >= 4 is 11.7 Å². The van der Waals surface area contributed by atoms with Crippen LogP contribution in [0.2, 0.25) is 0 Å². The van der Waals surface area contributed by atoms with E-state index < -0.39 is 23.1 Å². The third-order valence-corrected chi connectivity index (χ3v) is 7.32. The highest BCUT2D eigenvalue weighted by Crippen LogP contribution is 2.39. The summed E-state index contributed by atoms with van der Waals surface area (Å²) in [7, 11) is 1.41. The number of ether oxygens (including phenoxy) is 3. The summed E-state index contributed by atoms with van der Waals surface area (Å²) in [5.74, 6) is -2.16. The van der Waals surface area contributed by atoms with Gasteiger partial charge in [-0.1, -0.05) is 12.8 Å². The molecule has 0 spiro atoms. The molecule has 35 heavy (non-hydrogen) atoms. The van der Waals surface area contributed by atoms with Gasteiger partial charge in [-0.15, -0.1) is 0 Å². The summed E-state index contributed by atoms with van der Waals surface area (Å²) in [5, 5.41) is 12.8. The zero-order valence-corrected chi connectivity index (χ0v) is 20.5. The Morgan fingerprint density at radius 1 is 1.14 bits per heavy atom. The van der Waals surface area contributed by atoms with Gasteiger partial charge in [-0.05, 0) is 67.1 Å².